The van der Waals surface area contributed by atoms with Crippen LogP contribution in [0.25, 0.3) is 22.5 Å². The molecule has 5 rings (SSSR count). The molecule has 2 radical (unpaired) electrons. The first kappa shape index (κ1) is 35.1. The number of nitrogens with one attached hydrogen (secondary N) is 1. The number of aromatic nitrogens is 5. The van der Waals surface area contributed by atoms with Crippen LogP contribution in [0.1, 0.15) is 72.1 Å². The molecule has 1 N–H and O–H groups in total. The van der Waals surface area contributed by atoms with Crippen LogP contribution >= 0.6 is 19.4 Å². The average molecular weight is 685 g/mol. The number of pyridine rings is 1. The quantitative estimate of drug-likeness (QED) is 0.119. The number of fused-ring (bicyclic) bond motifs is 7. The summed E-state index contributed by atoms with van der Waals surface area (Å²) in [5.41, 5.74) is 1.35. The van der Waals surface area contributed by atoms with E-state index in [0.717, 1.165) is 16.8 Å². The van der Waals surface area contributed by atoms with E-state index in [9.17, 15) is 8.96 Å². The van der Waals surface area contributed by atoms with Crippen LogP contribution in [0.5, 0.6) is 5.75 Å². The molecule has 1 aliphatic heterocycles. The lowest BCUT2D eigenvalue weighted by Gasteiger charge is -2.32. The topological polar surface area (TPSA) is 115 Å². The van der Waals surface area contributed by atoms with Gasteiger partial charge in [0.15, 0.2) is 16.7 Å². The first-order valence-electron chi connectivity index (χ1n) is 15.2. The highest BCUT2D eigenvalue weighted by Crippen LogP contribution is 2.55. The summed E-state index contributed by atoms with van der Waals surface area (Å²) in [6.07, 6.45) is 3.93. The number of hydrogen-bond acceptors (Lipinski definition) is 9. The van der Waals surface area contributed by atoms with Crippen molar-refractivity contribution in [3.63, 3.8) is 0 Å². The highest BCUT2D eigenvalue weighted by Gasteiger charge is 2.38. The van der Waals surface area contributed by atoms with Crippen molar-refractivity contribution in [3.05, 3.63) is 64.3 Å². The van der Waals surface area contributed by atoms with Crippen LogP contribution in [0.15, 0.2) is 36.7 Å². The molecule has 4 heterocycles. The Morgan fingerprint density at radius 3 is 2.47 bits per heavy atom. The normalized spacial score (nSPS) is 16.7. The Balaban J connectivity index is 1.63. The van der Waals surface area contributed by atoms with Crippen molar-refractivity contribution in [2.75, 3.05) is 12.0 Å². The summed E-state index contributed by atoms with van der Waals surface area (Å²) in [5.74, 6) is -0.0650. The van der Waals surface area contributed by atoms with Gasteiger partial charge in [0, 0.05) is 54.7 Å². The zero-order valence-electron chi connectivity index (χ0n) is 28.1. The van der Waals surface area contributed by atoms with Crippen LogP contribution in [0.4, 0.5) is 10.2 Å². The number of benzene rings is 1. The Hall–Kier alpha value is -3.22. The molecule has 1 aliphatic rings. The van der Waals surface area contributed by atoms with Crippen molar-refractivity contribution >= 4 is 33.1 Å². The molecule has 1 atom stereocenters. The maximum Gasteiger partial charge on any atom is 0.477 e. The zero-order chi connectivity index (χ0) is 34.5. The minimum atomic E-state index is -4.05. The third-order valence-electron chi connectivity index (χ3n) is 7.03. The summed E-state index contributed by atoms with van der Waals surface area (Å²) >= 11 is 6.76. The van der Waals surface area contributed by atoms with E-state index in [1.807, 2.05) is 20.2 Å². The second-order valence-electron chi connectivity index (χ2n) is 13.6. The average Bonchev–Trinajstić information content (AvgIpc) is 3.45. The summed E-state index contributed by atoms with van der Waals surface area (Å²) in [6, 6.07) is 6.09. The largest absolute Gasteiger partial charge is 0.489 e. The minimum absolute atomic E-state index is 0.211. The van der Waals surface area contributed by atoms with E-state index in [1.54, 1.807) is 76.2 Å². The van der Waals surface area contributed by atoms with Crippen molar-refractivity contribution in [1.82, 2.24) is 24.5 Å². The Morgan fingerprint density at radius 2 is 1.83 bits per heavy atom. The fraction of sp³-hybridized carbons (Fsp3) is 0.469. The van der Waals surface area contributed by atoms with E-state index in [1.165, 1.54) is 12.1 Å². The Morgan fingerprint density at radius 1 is 1.15 bits per heavy atom. The van der Waals surface area contributed by atoms with Gasteiger partial charge in [-0.25, -0.2) is 13.9 Å². The molecule has 0 amide bonds. The number of phosphoric acid groups is 1. The summed E-state index contributed by atoms with van der Waals surface area (Å²) in [7, 11) is 4.64. The van der Waals surface area contributed by atoms with Crippen LogP contribution in [0.2, 0.25) is 5.15 Å². The third-order valence-corrected chi connectivity index (χ3v) is 9.32. The summed E-state index contributed by atoms with van der Waals surface area (Å²) in [5, 5.41) is 12.7. The van der Waals surface area contributed by atoms with Crippen molar-refractivity contribution in [1.29, 1.82) is 0 Å². The third kappa shape index (κ3) is 7.92. The maximum absolute atomic E-state index is 14.8. The lowest BCUT2D eigenvalue weighted by Crippen LogP contribution is -2.31. The monoisotopic (exact) mass is 684 g/mol. The molecule has 0 aliphatic carbocycles. The van der Waals surface area contributed by atoms with Crippen LogP contribution in [0.3, 0.4) is 0 Å². The molecule has 0 saturated carbocycles. The number of halogens is 2. The van der Waals surface area contributed by atoms with Crippen molar-refractivity contribution < 1.29 is 27.3 Å². The zero-order valence-corrected chi connectivity index (χ0v) is 29.8. The summed E-state index contributed by atoms with van der Waals surface area (Å²) in [4.78, 5) is 4.65. The highest BCUT2D eigenvalue weighted by molar-refractivity contribution is 7.48. The molecule has 3 aromatic heterocycles. The van der Waals surface area contributed by atoms with Gasteiger partial charge in [-0.2, -0.15) is 10.2 Å². The smallest absolute Gasteiger partial charge is 0.477 e. The number of phosphoric ester groups is 1. The second kappa shape index (κ2) is 12.7. The predicted octanol–water partition coefficient (Wildman–Crippen LogP) is 7.61. The van der Waals surface area contributed by atoms with Gasteiger partial charge >= 0.3 is 7.82 Å². The number of rotatable bonds is 7. The van der Waals surface area contributed by atoms with Crippen molar-refractivity contribution in [2.24, 2.45) is 7.05 Å². The van der Waals surface area contributed by atoms with Gasteiger partial charge in [0.2, 0.25) is 0 Å². The molecule has 0 saturated heterocycles. The summed E-state index contributed by atoms with van der Waals surface area (Å²) in [6.45, 7) is 14.3. The maximum atomic E-state index is 14.8. The Labute approximate surface area is 281 Å². The van der Waals surface area contributed by atoms with Crippen LogP contribution < -0.4 is 10.1 Å². The minimum Gasteiger partial charge on any atom is -0.489 e. The van der Waals surface area contributed by atoms with Crippen molar-refractivity contribution in [2.45, 2.75) is 85.1 Å². The van der Waals surface area contributed by atoms with Gasteiger partial charge in [-0.15, -0.1) is 0 Å². The molecule has 250 valence electrons. The van der Waals surface area contributed by atoms with E-state index in [-0.39, 0.29) is 18.3 Å². The van der Waals surface area contributed by atoms with E-state index in [4.69, 9.17) is 42.9 Å². The van der Waals surface area contributed by atoms with Gasteiger partial charge in [-0.3, -0.25) is 22.9 Å². The van der Waals surface area contributed by atoms with E-state index in [0.29, 0.717) is 40.5 Å². The predicted molar refractivity (Wildman–Crippen MR) is 180 cm³/mol. The second-order valence-corrected chi connectivity index (χ2v) is 15.4. The summed E-state index contributed by atoms with van der Waals surface area (Å²) < 4.78 is 55.6. The van der Waals surface area contributed by atoms with Gasteiger partial charge in [0.05, 0.1) is 28.1 Å². The van der Waals surface area contributed by atoms with E-state index in [2.05, 4.69) is 15.4 Å². The molecule has 0 fully saturated rings. The first-order chi connectivity index (χ1) is 21.8. The molecular formula is C32H40BClFN6O5P. The Kier molecular flexibility index (Phi) is 9.46. The molecule has 2 bridgehead atoms. The van der Waals surface area contributed by atoms with Gasteiger partial charge in [0.25, 0.3) is 0 Å². The molecule has 0 spiro atoms. The number of nitrogens with zero attached hydrogens (tertiary/aromatic N) is 5. The van der Waals surface area contributed by atoms with Gasteiger partial charge in [-0.05, 0) is 85.2 Å². The number of hydrogen-bond donors (Lipinski definition) is 1. The standard InChI is InChI=1S/C32H40BClFN6O5P/c1-10-41-27-19-14-25(29(36-16-19)37-18-43-47(42,45-30(2,3)4)46-31(5,6)7)44-32(8,33)24-15-21(35)11-12-22(24)26-20(17-40(9)38-26)13-23(27)28(34)39-41/h11-12,14-17H,10,13,18H2,1-9H3,(H,36,37)/t32-/m1/s1. The lowest BCUT2D eigenvalue weighted by atomic mass is 9.74. The number of anilines is 1. The van der Waals surface area contributed by atoms with E-state index < -0.39 is 30.3 Å². The first-order valence-corrected chi connectivity index (χ1v) is 17.1. The SMILES string of the molecule is [B][C@]1(C)Oc2cc(cnc2NCOP(=O)(OC(C)(C)C)OC(C)(C)C)-c2c(c(Cl)nn2CC)Cc2cn(C)nc2-c2ccc(F)cc21. The van der Waals surface area contributed by atoms with Crippen LogP contribution in [-0.2, 0) is 43.6 Å². The molecule has 1 aromatic carbocycles. The lowest BCUT2D eigenvalue weighted by molar-refractivity contribution is 0.00548. The fourth-order valence-corrected chi connectivity index (χ4v) is 7.34. The number of ether oxygens (including phenoxy) is 1. The van der Waals surface area contributed by atoms with Gasteiger partial charge in [0.1, 0.15) is 20.4 Å². The van der Waals surface area contributed by atoms with Crippen LogP contribution in [0, 0.1) is 5.82 Å². The molecule has 4 aromatic rings. The van der Waals surface area contributed by atoms with Crippen molar-refractivity contribution in [3.8, 4) is 28.3 Å². The number of aryl methyl sites for hydroxylation is 2. The highest BCUT2D eigenvalue weighted by atomic mass is 35.5. The molecule has 47 heavy (non-hydrogen) atoms. The Bertz CT molecular complexity index is 1830. The molecule has 0 unspecified atom stereocenters. The van der Waals surface area contributed by atoms with Gasteiger partial charge < -0.3 is 10.1 Å². The van der Waals surface area contributed by atoms with E-state index >= 15 is 0 Å². The van der Waals surface area contributed by atoms with Crippen LogP contribution in [-0.4, -0.2) is 50.3 Å². The fourth-order valence-electron chi connectivity index (χ4n) is 5.39. The molecule has 11 nitrogen and oxygen atoms in total. The molecule has 15 heteroatoms. The molecular weight excluding hydrogens is 645 g/mol. The van der Waals surface area contributed by atoms with Gasteiger partial charge in [-0.1, -0.05) is 11.6 Å².